The van der Waals surface area contributed by atoms with Crippen LogP contribution in [0, 0.1) is 0 Å². The summed E-state index contributed by atoms with van der Waals surface area (Å²) in [6, 6.07) is 4.77. The number of nitrogens with one attached hydrogen (secondary N) is 1. The molecule has 9 heteroatoms. The highest BCUT2D eigenvalue weighted by molar-refractivity contribution is 7.89. The van der Waals surface area contributed by atoms with Crippen LogP contribution >= 0.6 is 0 Å². The molecule has 1 aromatic carbocycles. The summed E-state index contributed by atoms with van der Waals surface area (Å²) >= 11 is 0. The van der Waals surface area contributed by atoms with E-state index in [1.54, 1.807) is 23.1 Å². The van der Waals surface area contributed by atoms with Gasteiger partial charge in [-0.1, -0.05) is 0 Å². The lowest BCUT2D eigenvalue weighted by Gasteiger charge is -2.34. The van der Waals surface area contributed by atoms with Gasteiger partial charge in [0.1, 0.15) is 0 Å². The van der Waals surface area contributed by atoms with E-state index in [9.17, 15) is 13.2 Å². The van der Waals surface area contributed by atoms with Gasteiger partial charge in [-0.2, -0.15) is 4.31 Å². The van der Waals surface area contributed by atoms with Crippen LogP contribution in [0.2, 0.25) is 0 Å². The highest BCUT2D eigenvalue weighted by Gasteiger charge is 2.32. The van der Waals surface area contributed by atoms with Crippen LogP contribution in [0.15, 0.2) is 23.1 Å². The predicted molar refractivity (Wildman–Crippen MR) is 102 cm³/mol. The molecule has 2 fully saturated rings. The third kappa shape index (κ3) is 4.11. The van der Waals surface area contributed by atoms with Crippen molar-refractivity contribution in [3.05, 3.63) is 18.2 Å². The molecule has 0 spiro atoms. The van der Waals surface area contributed by atoms with Crippen LogP contribution in [0.4, 0.5) is 0 Å². The number of carbonyl (C=O) groups is 1. The van der Waals surface area contributed by atoms with Crippen LogP contribution in [-0.2, 0) is 14.8 Å². The van der Waals surface area contributed by atoms with Crippen molar-refractivity contribution in [3.63, 3.8) is 0 Å². The first-order valence-electron chi connectivity index (χ1n) is 10.1. The van der Waals surface area contributed by atoms with Crippen molar-refractivity contribution in [3.8, 4) is 11.5 Å². The minimum atomic E-state index is -3.62. The number of hydrogen-bond acceptors (Lipinski definition) is 5. The third-order valence-electron chi connectivity index (χ3n) is 5.66. The first kappa shape index (κ1) is 19.5. The third-order valence-corrected chi connectivity index (χ3v) is 7.55. The smallest absolute Gasteiger partial charge is 0.277 e. The number of quaternary nitrogens is 1. The molecule has 4 rings (SSSR count). The Morgan fingerprint density at radius 3 is 2.36 bits per heavy atom. The van der Waals surface area contributed by atoms with E-state index in [4.69, 9.17) is 9.47 Å². The highest BCUT2D eigenvalue weighted by atomic mass is 32.2. The minimum Gasteiger partial charge on any atom is -0.490 e. The molecule has 0 atom stereocenters. The second kappa shape index (κ2) is 8.26. The molecule has 28 heavy (non-hydrogen) atoms. The van der Waals surface area contributed by atoms with E-state index in [2.05, 4.69) is 0 Å². The maximum Gasteiger partial charge on any atom is 0.277 e. The summed E-state index contributed by atoms with van der Waals surface area (Å²) < 4.78 is 38.7. The average Bonchev–Trinajstić information content (AvgIpc) is 3.10. The summed E-state index contributed by atoms with van der Waals surface area (Å²) in [5.74, 6) is 1.18. The van der Waals surface area contributed by atoms with Crippen molar-refractivity contribution in [1.82, 2.24) is 9.21 Å². The van der Waals surface area contributed by atoms with E-state index >= 15 is 0 Å². The summed E-state index contributed by atoms with van der Waals surface area (Å²) in [4.78, 5) is 15.8. The number of likely N-dealkylation sites (tertiary alicyclic amines) is 1. The molecule has 2 saturated heterocycles. The molecule has 1 N–H and O–H groups in total. The Kier molecular flexibility index (Phi) is 5.75. The van der Waals surface area contributed by atoms with Crippen molar-refractivity contribution < 1.29 is 27.6 Å². The molecule has 0 aromatic heterocycles. The summed E-state index contributed by atoms with van der Waals surface area (Å²) in [6.45, 7) is 5.23. The summed E-state index contributed by atoms with van der Waals surface area (Å²) in [6.07, 6.45) is 3.14. The maximum absolute atomic E-state index is 13.0. The van der Waals surface area contributed by atoms with Crippen molar-refractivity contribution in [1.29, 1.82) is 0 Å². The Morgan fingerprint density at radius 2 is 1.64 bits per heavy atom. The lowest BCUT2D eigenvalue weighted by atomic mass is 10.3. The average molecular weight is 411 g/mol. The fourth-order valence-corrected chi connectivity index (χ4v) is 5.45. The number of ether oxygens (including phenoxy) is 2. The van der Waals surface area contributed by atoms with Crippen LogP contribution in [0.25, 0.3) is 0 Å². The fraction of sp³-hybridized carbons (Fsp3) is 0.632. The molecule has 8 nitrogen and oxygen atoms in total. The lowest BCUT2D eigenvalue weighted by Crippen LogP contribution is -3.11. The lowest BCUT2D eigenvalue weighted by molar-refractivity contribution is -0.879. The van der Waals surface area contributed by atoms with Gasteiger partial charge in [0.2, 0.25) is 10.0 Å². The van der Waals surface area contributed by atoms with Gasteiger partial charge in [-0.3, -0.25) is 4.79 Å². The fourth-order valence-electron chi connectivity index (χ4n) is 4.01. The molecule has 154 valence electrons. The normalized spacial score (nSPS) is 21.5. The Morgan fingerprint density at radius 1 is 0.964 bits per heavy atom. The Hall–Kier alpha value is -1.84. The topological polar surface area (TPSA) is 80.6 Å². The van der Waals surface area contributed by atoms with E-state index < -0.39 is 10.0 Å². The van der Waals surface area contributed by atoms with Gasteiger partial charge in [-0.25, -0.2) is 8.42 Å². The van der Waals surface area contributed by atoms with Crippen molar-refractivity contribution >= 4 is 15.9 Å². The zero-order valence-electron chi connectivity index (χ0n) is 16.1. The number of amides is 1. The van der Waals surface area contributed by atoms with Gasteiger partial charge in [-0.15, -0.1) is 0 Å². The summed E-state index contributed by atoms with van der Waals surface area (Å²) in [5, 5.41) is 0. The van der Waals surface area contributed by atoms with E-state index in [0.29, 0.717) is 57.4 Å². The molecular weight excluding hydrogens is 382 g/mol. The summed E-state index contributed by atoms with van der Waals surface area (Å²) in [5.41, 5.74) is 0. The number of sulfonamides is 1. The largest absolute Gasteiger partial charge is 0.490 e. The molecule has 0 radical (unpaired) electrons. The minimum absolute atomic E-state index is 0.129. The number of rotatable bonds is 4. The van der Waals surface area contributed by atoms with Crippen LogP contribution in [0.1, 0.15) is 19.3 Å². The van der Waals surface area contributed by atoms with Crippen molar-refractivity contribution in [2.75, 3.05) is 59.0 Å². The monoisotopic (exact) mass is 410 g/mol. The molecule has 3 heterocycles. The Bertz CT molecular complexity index is 815. The second-order valence-corrected chi connectivity index (χ2v) is 9.52. The molecule has 0 aliphatic carbocycles. The molecule has 1 amide bonds. The van der Waals surface area contributed by atoms with Crippen LogP contribution in [0.5, 0.6) is 11.5 Å². The number of piperazine rings is 1. The standard InChI is InChI=1S/C19H27N3O5S/c23-19(15-20-6-1-2-7-20)21-8-10-22(11-9-21)28(24,25)16-4-5-17-18(14-16)27-13-3-12-26-17/h4-5,14H,1-3,6-13,15H2/p+1. The van der Waals surface area contributed by atoms with Gasteiger partial charge in [-0.05, 0) is 12.1 Å². The van der Waals surface area contributed by atoms with Crippen LogP contribution in [-0.4, -0.2) is 82.6 Å². The van der Waals surface area contributed by atoms with Gasteiger partial charge in [0.25, 0.3) is 5.91 Å². The van der Waals surface area contributed by atoms with Crippen LogP contribution in [0.3, 0.4) is 0 Å². The van der Waals surface area contributed by atoms with Gasteiger partial charge in [0.15, 0.2) is 18.0 Å². The van der Waals surface area contributed by atoms with Crippen molar-refractivity contribution in [2.45, 2.75) is 24.2 Å². The quantitative estimate of drug-likeness (QED) is 0.714. The number of hydrogen-bond donors (Lipinski definition) is 1. The van der Waals surface area contributed by atoms with E-state index in [-0.39, 0.29) is 10.8 Å². The van der Waals surface area contributed by atoms with Gasteiger partial charge < -0.3 is 19.3 Å². The molecule has 0 bridgehead atoms. The molecule has 3 aliphatic rings. The first-order valence-corrected chi connectivity index (χ1v) is 11.5. The zero-order valence-corrected chi connectivity index (χ0v) is 16.9. The van der Waals surface area contributed by atoms with E-state index in [1.807, 2.05) is 0 Å². The summed E-state index contributed by atoms with van der Waals surface area (Å²) in [7, 11) is -3.62. The molecular formula is C19H28N3O5S+. The van der Waals surface area contributed by atoms with Crippen molar-refractivity contribution in [2.24, 2.45) is 0 Å². The van der Waals surface area contributed by atoms with Gasteiger partial charge >= 0.3 is 0 Å². The number of fused-ring (bicyclic) bond motifs is 1. The molecule has 1 aromatic rings. The van der Waals surface area contributed by atoms with Gasteiger partial charge in [0.05, 0.1) is 31.2 Å². The van der Waals surface area contributed by atoms with E-state index in [0.717, 1.165) is 19.5 Å². The molecule has 0 saturated carbocycles. The predicted octanol–water partition coefficient (Wildman–Crippen LogP) is -0.640. The Balaban J connectivity index is 1.39. The number of benzene rings is 1. The number of carbonyl (C=O) groups excluding carboxylic acids is 1. The highest BCUT2D eigenvalue weighted by Crippen LogP contribution is 2.33. The number of nitrogens with zero attached hydrogens (tertiary/aromatic N) is 2. The Labute approximate surface area is 166 Å². The van der Waals surface area contributed by atoms with E-state index in [1.165, 1.54) is 22.0 Å². The molecule has 0 unspecified atom stereocenters. The molecule has 3 aliphatic heterocycles. The second-order valence-electron chi connectivity index (χ2n) is 7.58. The SMILES string of the molecule is O=C(C[NH+]1CCCC1)N1CCN(S(=O)(=O)c2ccc3c(c2)OCCCO3)CC1. The first-order chi connectivity index (χ1) is 13.5. The van der Waals surface area contributed by atoms with Gasteiger partial charge in [0, 0.05) is 51.5 Å². The van der Waals surface area contributed by atoms with Crippen LogP contribution < -0.4 is 14.4 Å². The maximum atomic E-state index is 13.0. The zero-order chi connectivity index (χ0) is 19.6.